The standard InChI is InChI=1S/C12H22O4S/c1-3-5-7-15-11(14)9-10(13)12(17)16-8-6-4-2/h10,13H,3-9H2,1-2H3. The molecule has 17 heavy (non-hydrogen) atoms. The molecule has 0 aromatic heterocycles. The number of rotatable bonds is 9. The third-order valence-electron chi connectivity index (χ3n) is 2.14. The highest BCUT2D eigenvalue weighted by molar-refractivity contribution is 7.80. The summed E-state index contributed by atoms with van der Waals surface area (Å²) < 4.78 is 10.1. The molecule has 0 rings (SSSR count). The number of carbonyl (C=O) groups is 1. The van der Waals surface area contributed by atoms with Crippen LogP contribution < -0.4 is 0 Å². The lowest BCUT2D eigenvalue weighted by molar-refractivity contribution is -0.145. The second-order valence-corrected chi connectivity index (χ2v) is 4.22. The van der Waals surface area contributed by atoms with Crippen molar-refractivity contribution in [3.05, 3.63) is 0 Å². The van der Waals surface area contributed by atoms with Gasteiger partial charge in [-0.1, -0.05) is 26.7 Å². The van der Waals surface area contributed by atoms with Crippen LogP contribution in [-0.2, 0) is 14.3 Å². The molecule has 1 unspecified atom stereocenters. The molecule has 0 aliphatic heterocycles. The van der Waals surface area contributed by atoms with Gasteiger partial charge in [-0.05, 0) is 25.1 Å². The minimum atomic E-state index is -1.05. The van der Waals surface area contributed by atoms with Crippen LogP contribution in [0.3, 0.4) is 0 Å². The Morgan fingerprint density at radius 3 is 2.24 bits per heavy atom. The smallest absolute Gasteiger partial charge is 0.308 e. The van der Waals surface area contributed by atoms with E-state index in [1.807, 2.05) is 13.8 Å². The molecule has 0 spiro atoms. The lowest BCUT2D eigenvalue weighted by Gasteiger charge is -2.12. The largest absolute Gasteiger partial charge is 0.484 e. The molecule has 0 saturated heterocycles. The van der Waals surface area contributed by atoms with Crippen LogP contribution in [0.15, 0.2) is 0 Å². The molecule has 0 aromatic rings. The van der Waals surface area contributed by atoms with Crippen molar-refractivity contribution >= 4 is 23.2 Å². The van der Waals surface area contributed by atoms with Gasteiger partial charge in [0.2, 0.25) is 0 Å². The maximum atomic E-state index is 11.3. The van der Waals surface area contributed by atoms with Crippen molar-refractivity contribution in [3.63, 3.8) is 0 Å². The molecule has 0 saturated carbocycles. The highest BCUT2D eigenvalue weighted by atomic mass is 32.1. The summed E-state index contributed by atoms with van der Waals surface area (Å²) in [4.78, 5) is 11.3. The van der Waals surface area contributed by atoms with Crippen molar-refractivity contribution in [2.24, 2.45) is 0 Å². The number of unbranched alkanes of at least 4 members (excludes halogenated alkanes) is 2. The fraction of sp³-hybridized carbons (Fsp3) is 0.833. The summed E-state index contributed by atoms with van der Waals surface area (Å²) >= 11 is 4.86. The molecule has 0 aliphatic carbocycles. The second-order valence-electron chi connectivity index (χ2n) is 3.81. The summed E-state index contributed by atoms with van der Waals surface area (Å²) in [5, 5.41) is 9.65. The van der Waals surface area contributed by atoms with E-state index in [1.54, 1.807) is 0 Å². The van der Waals surface area contributed by atoms with Gasteiger partial charge in [0.15, 0.2) is 5.05 Å². The molecule has 0 aliphatic rings. The van der Waals surface area contributed by atoms with E-state index in [1.165, 1.54) is 0 Å². The van der Waals surface area contributed by atoms with Crippen LogP contribution in [0.25, 0.3) is 0 Å². The van der Waals surface area contributed by atoms with Gasteiger partial charge in [0.25, 0.3) is 0 Å². The lowest BCUT2D eigenvalue weighted by Crippen LogP contribution is -2.25. The van der Waals surface area contributed by atoms with E-state index in [9.17, 15) is 9.90 Å². The fourth-order valence-electron chi connectivity index (χ4n) is 1.04. The van der Waals surface area contributed by atoms with Gasteiger partial charge in [0, 0.05) is 0 Å². The van der Waals surface area contributed by atoms with E-state index in [-0.39, 0.29) is 11.5 Å². The van der Waals surface area contributed by atoms with Crippen molar-refractivity contribution in [1.82, 2.24) is 0 Å². The Morgan fingerprint density at radius 1 is 1.18 bits per heavy atom. The molecule has 0 aromatic carbocycles. The molecule has 1 N–H and O–H groups in total. The molecular weight excluding hydrogens is 240 g/mol. The topological polar surface area (TPSA) is 55.8 Å². The Labute approximate surface area is 108 Å². The molecule has 0 fully saturated rings. The first-order chi connectivity index (χ1) is 8.11. The van der Waals surface area contributed by atoms with Crippen molar-refractivity contribution in [1.29, 1.82) is 0 Å². The van der Waals surface area contributed by atoms with Crippen LogP contribution in [0.5, 0.6) is 0 Å². The average Bonchev–Trinajstić information content (AvgIpc) is 2.29. The van der Waals surface area contributed by atoms with Crippen LogP contribution in [0.4, 0.5) is 0 Å². The Bertz CT molecular complexity index is 231. The summed E-state index contributed by atoms with van der Waals surface area (Å²) in [5.74, 6) is -0.438. The van der Waals surface area contributed by atoms with Crippen LogP contribution in [0.2, 0.25) is 0 Å². The minimum Gasteiger partial charge on any atom is -0.484 e. The van der Waals surface area contributed by atoms with Crippen LogP contribution in [0.1, 0.15) is 46.0 Å². The predicted molar refractivity (Wildman–Crippen MR) is 69.9 cm³/mol. The van der Waals surface area contributed by atoms with Gasteiger partial charge in [-0.3, -0.25) is 4.79 Å². The number of thiocarbonyl (C=S) groups is 1. The van der Waals surface area contributed by atoms with Gasteiger partial charge in [-0.2, -0.15) is 0 Å². The molecule has 5 heteroatoms. The average molecular weight is 262 g/mol. The van der Waals surface area contributed by atoms with Crippen LogP contribution >= 0.6 is 12.2 Å². The van der Waals surface area contributed by atoms with Gasteiger partial charge in [-0.25, -0.2) is 0 Å². The second kappa shape index (κ2) is 10.5. The molecule has 0 bridgehead atoms. The molecule has 0 amide bonds. The van der Waals surface area contributed by atoms with Crippen molar-refractivity contribution in [2.75, 3.05) is 13.2 Å². The normalized spacial score (nSPS) is 11.9. The third-order valence-corrected chi connectivity index (χ3v) is 2.53. The highest BCUT2D eigenvalue weighted by Crippen LogP contribution is 2.02. The number of esters is 1. The quantitative estimate of drug-likeness (QED) is 0.392. The zero-order chi connectivity index (χ0) is 13.1. The Kier molecular flexibility index (Phi) is 10.1. The van der Waals surface area contributed by atoms with E-state index in [0.717, 1.165) is 25.7 Å². The molecule has 100 valence electrons. The van der Waals surface area contributed by atoms with Gasteiger partial charge < -0.3 is 14.6 Å². The predicted octanol–water partition coefficient (Wildman–Crippen LogP) is 2.22. The molecular formula is C12H22O4S. The zero-order valence-corrected chi connectivity index (χ0v) is 11.4. The number of ether oxygens (including phenoxy) is 2. The van der Waals surface area contributed by atoms with Gasteiger partial charge in [-0.15, -0.1) is 0 Å². The SMILES string of the molecule is CCCCOC(=O)CC(O)C(=S)OCCCC. The number of carbonyl (C=O) groups excluding carboxylic acids is 1. The summed E-state index contributed by atoms with van der Waals surface area (Å²) in [6.07, 6.45) is 2.50. The molecule has 1 atom stereocenters. The van der Waals surface area contributed by atoms with E-state index >= 15 is 0 Å². The molecule has 4 nitrogen and oxygen atoms in total. The lowest BCUT2D eigenvalue weighted by atomic mass is 10.2. The van der Waals surface area contributed by atoms with Gasteiger partial charge in [0.05, 0.1) is 19.6 Å². The molecule has 0 radical (unpaired) electrons. The number of hydrogen-bond donors (Lipinski definition) is 1. The zero-order valence-electron chi connectivity index (χ0n) is 10.6. The van der Waals surface area contributed by atoms with Gasteiger partial charge in [0.1, 0.15) is 6.10 Å². The monoisotopic (exact) mass is 262 g/mol. The number of hydrogen-bond acceptors (Lipinski definition) is 5. The van der Waals surface area contributed by atoms with Crippen molar-refractivity contribution in [3.8, 4) is 0 Å². The first-order valence-electron chi connectivity index (χ1n) is 6.12. The van der Waals surface area contributed by atoms with E-state index in [4.69, 9.17) is 21.7 Å². The summed E-state index contributed by atoms with van der Waals surface area (Å²) in [6.45, 7) is 4.93. The van der Waals surface area contributed by atoms with E-state index < -0.39 is 12.1 Å². The highest BCUT2D eigenvalue weighted by Gasteiger charge is 2.17. The first kappa shape index (κ1) is 16.3. The Morgan fingerprint density at radius 2 is 1.71 bits per heavy atom. The summed E-state index contributed by atoms with van der Waals surface area (Å²) in [5.41, 5.74) is 0. The fourth-order valence-corrected chi connectivity index (χ4v) is 1.21. The van der Waals surface area contributed by atoms with Crippen molar-refractivity contribution < 1.29 is 19.4 Å². The van der Waals surface area contributed by atoms with Crippen LogP contribution in [0, 0.1) is 0 Å². The van der Waals surface area contributed by atoms with Gasteiger partial charge >= 0.3 is 5.97 Å². The van der Waals surface area contributed by atoms with E-state index in [0.29, 0.717) is 13.2 Å². The summed E-state index contributed by atoms with van der Waals surface area (Å²) in [6, 6.07) is 0. The van der Waals surface area contributed by atoms with Crippen molar-refractivity contribution in [2.45, 2.75) is 52.1 Å². The summed E-state index contributed by atoms with van der Waals surface area (Å²) in [7, 11) is 0. The maximum absolute atomic E-state index is 11.3. The van der Waals surface area contributed by atoms with Crippen LogP contribution in [-0.4, -0.2) is 35.4 Å². The van der Waals surface area contributed by atoms with E-state index in [2.05, 4.69) is 0 Å². The molecule has 0 heterocycles. The Balaban J connectivity index is 3.71. The Hall–Kier alpha value is -0.680. The number of aliphatic hydroxyl groups is 1. The maximum Gasteiger partial charge on any atom is 0.308 e. The first-order valence-corrected chi connectivity index (χ1v) is 6.52. The third kappa shape index (κ3) is 9.06. The minimum absolute atomic E-state index is 0.0749. The number of aliphatic hydroxyl groups excluding tert-OH is 1.